The van der Waals surface area contributed by atoms with Crippen LogP contribution in [-0.4, -0.2) is 139 Å². The lowest BCUT2D eigenvalue weighted by Gasteiger charge is -2.25. The number of benzene rings is 3. The monoisotopic (exact) mass is 1020 g/mol. The molecule has 2 heterocycles. The molecule has 0 bridgehead atoms. The van der Waals surface area contributed by atoms with E-state index in [1.807, 2.05) is 13.8 Å². The van der Waals surface area contributed by atoms with Crippen molar-refractivity contribution in [3.05, 3.63) is 113 Å². The van der Waals surface area contributed by atoms with Gasteiger partial charge >= 0.3 is 19.1 Å². The summed E-state index contributed by atoms with van der Waals surface area (Å²) in [5.74, 6) is -1.94. The lowest BCUT2D eigenvalue weighted by molar-refractivity contribution is -0.146. The van der Waals surface area contributed by atoms with E-state index in [9.17, 15) is 44.0 Å². The van der Waals surface area contributed by atoms with Gasteiger partial charge in [0.25, 0.3) is 11.8 Å². The Hall–Kier alpha value is -7.16. The second-order valence-corrected chi connectivity index (χ2v) is 18.9. The fourth-order valence-corrected chi connectivity index (χ4v) is 8.59. The third kappa shape index (κ3) is 15.7. The Balaban J connectivity index is 1.22. The summed E-state index contributed by atoms with van der Waals surface area (Å²) in [5, 5.41) is 38.5. The molecule has 398 valence electrons. The molecule has 3 aromatic carbocycles. The number of methoxy groups -OCH3 is 1. The predicted molar refractivity (Wildman–Crippen MR) is 279 cm³/mol. The van der Waals surface area contributed by atoms with Gasteiger partial charge in [0.15, 0.2) is 17.3 Å². The lowest BCUT2D eigenvalue weighted by atomic mass is 9.87. The summed E-state index contributed by atoms with van der Waals surface area (Å²) in [6.07, 6.45) is 1.72. The van der Waals surface area contributed by atoms with Gasteiger partial charge < -0.3 is 59.3 Å². The molecule has 0 spiro atoms. The van der Waals surface area contributed by atoms with Gasteiger partial charge in [-0.05, 0) is 68.3 Å². The summed E-state index contributed by atoms with van der Waals surface area (Å²) < 4.78 is 28.5. The number of carbonyl (C=O) groups excluding carboxylic acids is 6. The number of aliphatic hydroxyl groups excluding tert-OH is 2. The van der Waals surface area contributed by atoms with Crippen LogP contribution in [0.4, 0.5) is 16.2 Å². The first-order chi connectivity index (χ1) is 35.3. The molecule has 3 aromatic rings. The number of nitrogens with one attached hydrogen (secondary N) is 3. The molecule has 0 aliphatic carbocycles. The number of anilines is 2. The normalized spacial score (nSPS) is 16.0. The minimum Gasteiger partial charge on any atom is -0.493 e. The SMILES string of the molecule is C=CCOC(=O)C[C@H](C(=O)N[C@@H](C)C(=O)Cc1ccc(COC(=O)Nc2cc(OCCCOc3cc(NB(C)O)c(C(=O)N4CC(=C)C[C@H]4CO)cc3OC)c(C)cc2C(=O)N2CC(=C)C[C@H]2CO)cc1)C(C)C. The van der Waals surface area contributed by atoms with E-state index in [1.165, 1.54) is 41.9 Å². The summed E-state index contributed by atoms with van der Waals surface area (Å²) in [5.41, 5.74) is 4.22. The van der Waals surface area contributed by atoms with Gasteiger partial charge in [0.05, 0.1) is 80.8 Å². The first-order valence-electron chi connectivity index (χ1n) is 24.6. The van der Waals surface area contributed by atoms with Gasteiger partial charge in [-0.15, -0.1) is 0 Å². The van der Waals surface area contributed by atoms with E-state index < -0.39 is 55.0 Å². The average molecular weight is 1020 g/mol. The van der Waals surface area contributed by atoms with Crippen LogP contribution in [0.15, 0.2) is 85.5 Å². The van der Waals surface area contributed by atoms with E-state index >= 15 is 0 Å². The van der Waals surface area contributed by atoms with Crippen LogP contribution in [0, 0.1) is 18.8 Å². The maximum atomic E-state index is 14.1. The molecule has 74 heavy (non-hydrogen) atoms. The minimum absolute atomic E-state index is 0.0131. The van der Waals surface area contributed by atoms with Crippen molar-refractivity contribution in [1.82, 2.24) is 15.1 Å². The van der Waals surface area contributed by atoms with E-state index in [2.05, 4.69) is 35.6 Å². The zero-order valence-electron chi connectivity index (χ0n) is 43.2. The second kappa shape index (κ2) is 27.2. The number of nitrogens with zero attached hydrogens (tertiary/aromatic N) is 2. The summed E-state index contributed by atoms with van der Waals surface area (Å²) in [6, 6.07) is 11.3. The summed E-state index contributed by atoms with van der Waals surface area (Å²) >= 11 is 0. The number of esters is 1. The van der Waals surface area contributed by atoms with Crippen LogP contribution in [0.25, 0.3) is 0 Å². The number of aryl methyl sites for hydroxylation is 1. The predicted octanol–water partition coefficient (Wildman–Crippen LogP) is 5.66. The fraction of sp³-hybridized carbons (Fsp3) is 0.444. The van der Waals surface area contributed by atoms with Gasteiger partial charge in [0.2, 0.25) is 5.91 Å². The van der Waals surface area contributed by atoms with Crippen LogP contribution < -0.4 is 30.1 Å². The standard InChI is InChI=1S/C54H70BN5O14/c1-10-16-73-50(64)24-41(32(2)3)51(65)56-36(7)46(63)22-37-12-14-38(15-13-37)31-74-54(68)57-44-25-47(35(6)21-42(44)52(66)59-27-33(4)19-39(59)29-61)71-17-11-18-72-49-26-45(58-55(8)69)43(23-48(49)70-9)53(67)60-28-34(5)20-40(60)30-62/h10,12-15,21,23,25-26,32,36,39-41,58,61-62,69H,1,4-5,11,16-20,22,24,27-31H2,2-3,6-9H3,(H,56,65)(H,57,68)/t36-,39-,40-,41-/m0/s1. The Bertz CT molecular complexity index is 2550. The van der Waals surface area contributed by atoms with Crippen LogP contribution in [0.3, 0.4) is 0 Å². The van der Waals surface area contributed by atoms with Gasteiger partial charge in [-0.3, -0.25) is 29.3 Å². The second-order valence-electron chi connectivity index (χ2n) is 18.9. The van der Waals surface area contributed by atoms with Crippen molar-refractivity contribution < 1.29 is 67.7 Å². The highest BCUT2D eigenvalue weighted by molar-refractivity contribution is 6.53. The zero-order chi connectivity index (χ0) is 54.2. The van der Waals surface area contributed by atoms with Crippen LogP contribution in [-0.2, 0) is 36.9 Å². The molecule has 0 aromatic heterocycles. The Labute approximate surface area is 433 Å². The van der Waals surface area contributed by atoms with Crippen molar-refractivity contribution >= 4 is 54.0 Å². The number of Topliss-reactive ketones (excluding diaryl/α,β-unsaturated/α-hetero) is 1. The number of aliphatic hydroxyl groups is 2. The summed E-state index contributed by atoms with van der Waals surface area (Å²) in [6.45, 7) is 20.1. The maximum Gasteiger partial charge on any atom is 0.411 e. The third-order valence-corrected chi connectivity index (χ3v) is 12.6. The number of hydrogen-bond acceptors (Lipinski definition) is 15. The number of ketones is 1. The van der Waals surface area contributed by atoms with Crippen molar-refractivity contribution in [2.45, 2.75) is 91.4 Å². The van der Waals surface area contributed by atoms with Crippen LogP contribution in [0.2, 0.25) is 6.82 Å². The number of likely N-dealkylation sites (tertiary alicyclic amines) is 2. The van der Waals surface area contributed by atoms with Gasteiger partial charge in [-0.25, -0.2) is 4.79 Å². The smallest absolute Gasteiger partial charge is 0.411 e. The highest BCUT2D eigenvalue weighted by atomic mass is 16.5. The quantitative estimate of drug-likeness (QED) is 0.0246. The van der Waals surface area contributed by atoms with E-state index in [0.717, 1.165) is 11.1 Å². The Morgan fingerprint density at radius 1 is 0.811 bits per heavy atom. The van der Waals surface area contributed by atoms with E-state index in [0.29, 0.717) is 53.1 Å². The fourth-order valence-electron chi connectivity index (χ4n) is 8.59. The number of carbonyl (C=O) groups is 6. The van der Waals surface area contributed by atoms with Gasteiger partial charge in [-0.2, -0.15) is 0 Å². The van der Waals surface area contributed by atoms with E-state index in [4.69, 9.17) is 23.7 Å². The molecule has 2 fully saturated rings. The zero-order valence-corrected chi connectivity index (χ0v) is 43.2. The highest BCUT2D eigenvalue weighted by Crippen LogP contribution is 2.37. The molecule has 20 heteroatoms. The Kier molecular flexibility index (Phi) is 21.2. The molecule has 0 radical (unpaired) electrons. The third-order valence-electron chi connectivity index (χ3n) is 12.6. The Morgan fingerprint density at radius 3 is 1.93 bits per heavy atom. The molecule has 4 atom stereocenters. The largest absolute Gasteiger partial charge is 0.493 e. The first-order valence-corrected chi connectivity index (χ1v) is 24.6. The van der Waals surface area contributed by atoms with Crippen LogP contribution in [0.1, 0.15) is 83.9 Å². The number of hydrogen-bond donors (Lipinski definition) is 6. The van der Waals surface area contributed by atoms with Gasteiger partial charge in [0, 0.05) is 43.8 Å². The topological polar surface area (TPSA) is 252 Å². The van der Waals surface area contributed by atoms with Crippen molar-refractivity contribution in [3.8, 4) is 17.2 Å². The molecule has 0 unspecified atom stereocenters. The summed E-state index contributed by atoms with van der Waals surface area (Å²) in [4.78, 5) is 82.6. The molecule has 2 saturated heterocycles. The van der Waals surface area contributed by atoms with Crippen LogP contribution in [0.5, 0.6) is 17.2 Å². The molecular formula is C54H70BN5O14. The van der Waals surface area contributed by atoms with Gasteiger partial charge in [0.1, 0.15) is 19.0 Å². The number of ether oxygens (including phenoxy) is 5. The molecule has 2 aliphatic rings. The van der Waals surface area contributed by atoms with E-state index in [1.54, 1.807) is 50.2 Å². The molecule has 6 N–H and O–H groups in total. The van der Waals surface area contributed by atoms with Crippen molar-refractivity contribution in [1.29, 1.82) is 0 Å². The molecule has 0 saturated carbocycles. The highest BCUT2D eigenvalue weighted by Gasteiger charge is 2.35. The molecule has 2 aliphatic heterocycles. The molecule has 19 nitrogen and oxygen atoms in total. The van der Waals surface area contributed by atoms with Crippen molar-refractivity contribution in [2.75, 3.05) is 63.8 Å². The molecular weight excluding hydrogens is 953 g/mol. The maximum absolute atomic E-state index is 14.1. The number of amides is 4. The summed E-state index contributed by atoms with van der Waals surface area (Å²) in [7, 11) is 0.423. The molecule has 4 amide bonds. The van der Waals surface area contributed by atoms with Crippen LogP contribution >= 0.6 is 0 Å². The first kappa shape index (κ1) is 57.7. The molecule has 5 rings (SSSR count). The minimum atomic E-state index is -1.02. The number of rotatable bonds is 26. The van der Waals surface area contributed by atoms with Gasteiger partial charge in [-0.1, -0.05) is 75.1 Å². The lowest BCUT2D eigenvalue weighted by Crippen LogP contribution is -2.44. The van der Waals surface area contributed by atoms with Crippen molar-refractivity contribution in [3.63, 3.8) is 0 Å². The average Bonchev–Trinajstić information content (AvgIpc) is 3.95. The Morgan fingerprint density at radius 2 is 1.38 bits per heavy atom. The van der Waals surface area contributed by atoms with Crippen molar-refractivity contribution in [2.24, 2.45) is 11.8 Å². The van der Waals surface area contributed by atoms with E-state index in [-0.39, 0.29) is 106 Å².